The zero-order valence-corrected chi connectivity index (χ0v) is 23.8. The van der Waals surface area contributed by atoms with Crippen LogP contribution in [0.1, 0.15) is 64.1 Å². The summed E-state index contributed by atoms with van der Waals surface area (Å²) in [6, 6.07) is 13.5. The molecular weight excluding hydrogens is 519 g/mol. The molecule has 218 valence electrons. The van der Waals surface area contributed by atoms with E-state index in [4.69, 9.17) is 0 Å². The summed E-state index contributed by atoms with van der Waals surface area (Å²) in [6.07, 6.45) is 2.13. The van der Waals surface area contributed by atoms with Crippen LogP contribution in [-0.4, -0.2) is 71.9 Å². The Bertz CT molecular complexity index is 1160. The molecule has 2 aliphatic heterocycles. The third-order valence-electron chi connectivity index (χ3n) is 8.22. The van der Waals surface area contributed by atoms with E-state index in [1.54, 1.807) is 13.0 Å². The molecule has 4 rings (SSSR count). The Labute approximate surface area is 235 Å². The summed E-state index contributed by atoms with van der Waals surface area (Å²) in [5.41, 5.74) is 1.37. The third kappa shape index (κ3) is 7.16. The molecule has 2 fully saturated rings. The van der Waals surface area contributed by atoms with Gasteiger partial charge in [-0.25, -0.2) is 4.39 Å². The average molecular weight is 560 g/mol. The fourth-order valence-corrected chi connectivity index (χ4v) is 6.02. The minimum Gasteiger partial charge on any atom is -0.432 e. The highest BCUT2D eigenvalue weighted by atomic mass is 19.3. The van der Waals surface area contributed by atoms with E-state index in [2.05, 4.69) is 30.4 Å². The maximum Gasteiger partial charge on any atom is 0.387 e. The first-order valence-corrected chi connectivity index (χ1v) is 14.0. The largest absolute Gasteiger partial charge is 0.432 e. The van der Waals surface area contributed by atoms with E-state index in [1.165, 1.54) is 12.1 Å². The van der Waals surface area contributed by atoms with E-state index in [9.17, 15) is 22.8 Å². The van der Waals surface area contributed by atoms with Gasteiger partial charge < -0.3 is 14.5 Å². The Kier molecular flexibility index (Phi) is 9.44. The van der Waals surface area contributed by atoms with Crippen LogP contribution in [0.5, 0.6) is 5.75 Å². The average Bonchev–Trinajstić information content (AvgIpc) is 2.90. The van der Waals surface area contributed by atoms with Crippen molar-refractivity contribution in [2.24, 2.45) is 11.3 Å². The lowest BCUT2D eigenvalue weighted by Gasteiger charge is -2.50. The van der Waals surface area contributed by atoms with Gasteiger partial charge in [-0.15, -0.1) is 0 Å². The molecule has 2 aromatic rings. The van der Waals surface area contributed by atoms with Crippen LogP contribution in [0.25, 0.3) is 0 Å². The second kappa shape index (κ2) is 12.6. The molecule has 2 aliphatic rings. The van der Waals surface area contributed by atoms with Crippen molar-refractivity contribution in [3.63, 3.8) is 0 Å². The Morgan fingerprint density at radius 3 is 2.23 bits per heavy atom. The van der Waals surface area contributed by atoms with Crippen LogP contribution >= 0.6 is 0 Å². The number of benzene rings is 2. The summed E-state index contributed by atoms with van der Waals surface area (Å²) in [4.78, 5) is 31.4. The van der Waals surface area contributed by atoms with E-state index in [1.807, 2.05) is 40.1 Å². The van der Waals surface area contributed by atoms with Crippen molar-refractivity contribution in [3.8, 4) is 5.75 Å². The van der Waals surface area contributed by atoms with Crippen LogP contribution in [0.3, 0.4) is 0 Å². The number of halogens is 3. The lowest BCUT2D eigenvalue weighted by Crippen LogP contribution is -2.60. The predicted octanol–water partition coefficient (Wildman–Crippen LogP) is 5.72. The summed E-state index contributed by atoms with van der Waals surface area (Å²) in [5.74, 6) is -0.844. The smallest absolute Gasteiger partial charge is 0.387 e. The zero-order chi connectivity index (χ0) is 29.0. The Hall–Kier alpha value is -3.07. The number of hydrogen-bond donors (Lipinski definition) is 0. The van der Waals surface area contributed by atoms with Crippen LogP contribution in [0.4, 0.5) is 13.2 Å². The first-order chi connectivity index (χ1) is 18.9. The third-order valence-corrected chi connectivity index (χ3v) is 8.22. The highest BCUT2D eigenvalue weighted by Gasteiger charge is 2.41. The maximum absolute atomic E-state index is 14.8. The van der Waals surface area contributed by atoms with Crippen LogP contribution in [0.15, 0.2) is 48.5 Å². The first-order valence-electron chi connectivity index (χ1n) is 14.0. The van der Waals surface area contributed by atoms with Crippen molar-refractivity contribution in [2.75, 3.05) is 32.7 Å². The van der Waals surface area contributed by atoms with Gasteiger partial charge >= 0.3 is 6.61 Å². The number of alkyl halides is 2. The molecule has 9 heteroatoms. The first kappa shape index (κ1) is 29.9. The van der Waals surface area contributed by atoms with E-state index < -0.39 is 18.2 Å². The Balaban J connectivity index is 1.55. The number of amides is 2. The number of carbonyl (C=O) groups excluding carboxylic acids is 2. The molecule has 0 bridgehead atoms. The Morgan fingerprint density at radius 2 is 1.65 bits per heavy atom. The van der Waals surface area contributed by atoms with Gasteiger partial charge in [0.05, 0.1) is 6.04 Å². The molecule has 2 aromatic carbocycles. The van der Waals surface area contributed by atoms with Gasteiger partial charge in [-0.1, -0.05) is 57.2 Å². The van der Waals surface area contributed by atoms with Gasteiger partial charge in [0.15, 0.2) is 11.6 Å². The molecule has 40 heavy (non-hydrogen) atoms. The van der Waals surface area contributed by atoms with Crippen LogP contribution in [0, 0.1) is 17.2 Å². The summed E-state index contributed by atoms with van der Waals surface area (Å²) < 4.78 is 44.6. The fraction of sp³-hybridized carbons (Fsp3) is 0.548. The molecule has 2 atom stereocenters. The van der Waals surface area contributed by atoms with E-state index >= 15 is 0 Å². The van der Waals surface area contributed by atoms with Crippen molar-refractivity contribution in [3.05, 3.63) is 65.5 Å². The molecule has 2 saturated heterocycles. The molecule has 0 radical (unpaired) electrons. The normalized spacial score (nSPS) is 20.1. The van der Waals surface area contributed by atoms with Crippen molar-refractivity contribution < 1.29 is 27.5 Å². The molecule has 1 unspecified atom stereocenters. The Morgan fingerprint density at radius 1 is 0.975 bits per heavy atom. The lowest BCUT2D eigenvalue weighted by atomic mass is 9.82. The van der Waals surface area contributed by atoms with Crippen LogP contribution < -0.4 is 4.74 Å². The monoisotopic (exact) mass is 559 g/mol. The number of piperazine rings is 1. The van der Waals surface area contributed by atoms with Crippen molar-refractivity contribution in [2.45, 2.75) is 65.7 Å². The minimum absolute atomic E-state index is 0.0800. The number of ether oxygens (including phenoxy) is 1. The molecule has 6 nitrogen and oxygen atoms in total. The van der Waals surface area contributed by atoms with E-state index in [0.717, 1.165) is 18.4 Å². The van der Waals surface area contributed by atoms with Crippen molar-refractivity contribution in [1.29, 1.82) is 0 Å². The number of carbonyl (C=O) groups is 2. The predicted molar refractivity (Wildman–Crippen MR) is 147 cm³/mol. The van der Waals surface area contributed by atoms with E-state index in [-0.39, 0.29) is 35.2 Å². The van der Waals surface area contributed by atoms with Crippen molar-refractivity contribution >= 4 is 11.8 Å². The van der Waals surface area contributed by atoms with Gasteiger partial charge in [-0.2, -0.15) is 8.78 Å². The fourth-order valence-electron chi connectivity index (χ4n) is 6.02. The van der Waals surface area contributed by atoms with Gasteiger partial charge in [-0.3, -0.25) is 14.5 Å². The maximum atomic E-state index is 14.8. The minimum atomic E-state index is -3.11. The quantitative estimate of drug-likeness (QED) is 0.435. The van der Waals surface area contributed by atoms with Gasteiger partial charge in [0, 0.05) is 52.1 Å². The number of piperidine rings is 1. The second-order valence-electron chi connectivity index (χ2n) is 12.0. The van der Waals surface area contributed by atoms with Crippen LogP contribution in [-0.2, 0) is 9.59 Å². The second-order valence-corrected chi connectivity index (χ2v) is 12.0. The van der Waals surface area contributed by atoms with Gasteiger partial charge in [0.25, 0.3) is 0 Å². The molecule has 0 N–H and O–H groups in total. The van der Waals surface area contributed by atoms with Gasteiger partial charge in [-0.05, 0) is 47.4 Å². The number of likely N-dealkylation sites (tertiary alicyclic amines) is 1. The topological polar surface area (TPSA) is 53.1 Å². The van der Waals surface area contributed by atoms with Crippen molar-refractivity contribution in [1.82, 2.24) is 14.7 Å². The number of hydrogen-bond acceptors (Lipinski definition) is 4. The summed E-state index contributed by atoms with van der Waals surface area (Å²) >= 11 is 0. The summed E-state index contributed by atoms with van der Waals surface area (Å²) in [5, 5.41) is 0. The standard InChI is InChI=1S/C31H40F3N3O3/c1-21(38)35-14-12-22(13-15-35)18-28(39)37-17-16-36(20-27(37)31(2,3)4)29(23-8-6-5-7-9-23)24-10-11-26(25(32)19-24)40-30(33)34/h5-11,19,22,27,29-30H,12-18,20H2,1-4H3/t27-,29?/m1/s1. The SMILES string of the molecule is CC(=O)N1CCC(CC(=O)N2CCN(C(c3ccccc3)c3ccc(OC(F)F)c(F)c3)C[C@@H]2C(C)(C)C)CC1. The summed E-state index contributed by atoms with van der Waals surface area (Å²) in [6.45, 7) is 7.94. The summed E-state index contributed by atoms with van der Waals surface area (Å²) in [7, 11) is 0. The highest BCUT2D eigenvalue weighted by molar-refractivity contribution is 5.77. The van der Waals surface area contributed by atoms with Gasteiger partial charge in [0.2, 0.25) is 11.8 Å². The molecule has 0 saturated carbocycles. The highest BCUT2D eigenvalue weighted by Crippen LogP contribution is 2.37. The lowest BCUT2D eigenvalue weighted by molar-refractivity contribution is -0.141. The molecule has 2 amide bonds. The van der Waals surface area contributed by atoms with E-state index in [0.29, 0.717) is 44.7 Å². The van der Waals surface area contributed by atoms with Gasteiger partial charge in [0.1, 0.15) is 0 Å². The van der Waals surface area contributed by atoms with Crippen LogP contribution in [0.2, 0.25) is 0 Å². The molecule has 0 aliphatic carbocycles. The molecule has 2 heterocycles. The zero-order valence-electron chi connectivity index (χ0n) is 23.8. The molecule has 0 spiro atoms. The number of rotatable bonds is 7. The molecule has 0 aromatic heterocycles. The molecular formula is C31H40F3N3O3. The number of nitrogens with zero attached hydrogens (tertiary/aromatic N) is 3.